The molecular formula is C27H26F3N3O3. The van der Waals surface area contributed by atoms with Crippen molar-refractivity contribution in [1.29, 1.82) is 0 Å². The quantitative estimate of drug-likeness (QED) is 0.473. The zero-order valence-electron chi connectivity index (χ0n) is 19.7. The van der Waals surface area contributed by atoms with Gasteiger partial charge in [-0.3, -0.25) is 15.0 Å². The van der Waals surface area contributed by atoms with Crippen LogP contribution in [0.4, 0.5) is 23.7 Å². The first-order chi connectivity index (χ1) is 17.2. The number of carbonyl (C=O) groups is 2. The zero-order valence-corrected chi connectivity index (χ0v) is 19.7. The van der Waals surface area contributed by atoms with Gasteiger partial charge in [0, 0.05) is 44.4 Å². The van der Waals surface area contributed by atoms with Crippen molar-refractivity contribution in [2.75, 3.05) is 25.0 Å². The van der Waals surface area contributed by atoms with Crippen molar-refractivity contribution >= 4 is 17.7 Å². The maximum atomic E-state index is 12.9. The number of rotatable bonds is 6. The first-order valence-corrected chi connectivity index (χ1v) is 11.5. The Morgan fingerprint density at radius 1 is 1.00 bits per heavy atom. The second kappa shape index (κ2) is 10.8. The monoisotopic (exact) mass is 497 g/mol. The Bertz CT molecular complexity index is 1240. The first kappa shape index (κ1) is 25.2. The van der Waals surface area contributed by atoms with E-state index < -0.39 is 17.8 Å². The third kappa shape index (κ3) is 6.42. The van der Waals surface area contributed by atoms with Crippen molar-refractivity contribution in [2.24, 2.45) is 0 Å². The molecule has 2 amide bonds. The Kier molecular flexibility index (Phi) is 7.59. The van der Waals surface area contributed by atoms with Gasteiger partial charge in [-0.05, 0) is 53.4 Å². The van der Waals surface area contributed by atoms with Crippen LogP contribution in [-0.4, -0.2) is 36.5 Å². The number of hydrogen-bond acceptors (Lipinski definition) is 4. The predicted octanol–water partition coefficient (Wildman–Crippen LogP) is 5.48. The van der Waals surface area contributed by atoms with Crippen molar-refractivity contribution in [3.63, 3.8) is 0 Å². The van der Waals surface area contributed by atoms with Crippen molar-refractivity contribution in [1.82, 2.24) is 10.2 Å². The Morgan fingerprint density at radius 3 is 2.47 bits per heavy atom. The minimum atomic E-state index is -4.42. The molecule has 1 aliphatic rings. The summed E-state index contributed by atoms with van der Waals surface area (Å²) >= 11 is 0. The molecule has 4 rings (SSSR count). The summed E-state index contributed by atoms with van der Waals surface area (Å²) in [5.41, 5.74) is 3.15. The molecule has 0 saturated heterocycles. The molecular weight excluding hydrogens is 471 g/mol. The minimum Gasteiger partial charge on any atom is -0.409 e. The average molecular weight is 498 g/mol. The number of para-hydroxylation sites is 1. The maximum absolute atomic E-state index is 12.9. The third-order valence-corrected chi connectivity index (χ3v) is 5.96. The molecule has 1 aliphatic heterocycles. The number of halogens is 3. The van der Waals surface area contributed by atoms with Gasteiger partial charge < -0.3 is 10.1 Å². The van der Waals surface area contributed by atoms with Crippen LogP contribution in [0.25, 0.3) is 11.1 Å². The minimum absolute atomic E-state index is 0.0444. The molecule has 188 valence electrons. The summed E-state index contributed by atoms with van der Waals surface area (Å²) in [6, 6.07) is 17.1. The van der Waals surface area contributed by atoms with E-state index in [2.05, 4.69) is 15.5 Å². The number of nitrogens with zero attached hydrogens (tertiary/aromatic N) is 1. The van der Waals surface area contributed by atoms with Crippen LogP contribution in [0.15, 0.2) is 66.7 Å². The second-order valence-corrected chi connectivity index (χ2v) is 8.58. The van der Waals surface area contributed by atoms with Crippen LogP contribution in [-0.2, 0) is 23.9 Å². The standard InChI is InChI=1S/C27H26F3N3O3/c1-18(34)31-13-15-33-14-12-20-16-23(11-8-21(20)17-33)32-26(35)36-25-5-3-2-4-24(25)19-6-9-22(10-7-19)27(28,29)30/h2-11,16H,12-15,17H2,1H3,(H,31,34)(H,32,35). The Balaban J connectivity index is 1.40. The number of benzene rings is 3. The topological polar surface area (TPSA) is 70.7 Å². The molecule has 36 heavy (non-hydrogen) atoms. The van der Waals surface area contributed by atoms with Crippen LogP contribution in [0.2, 0.25) is 0 Å². The van der Waals surface area contributed by atoms with E-state index in [1.165, 1.54) is 19.1 Å². The summed E-state index contributed by atoms with van der Waals surface area (Å²) in [7, 11) is 0. The molecule has 3 aromatic rings. The van der Waals surface area contributed by atoms with Crippen LogP contribution < -0.4 is 15.4 Å². The van der Waals surface area contributed by atoms with E-state index in [0.29, 0.717) is 23.4 Å². The molecule has 3 aromatic carbocycles. The van der Waals surface area contributed by atoms with Crippen LogP contribution in [0, 0.1) is 0 Å². The first-order valence-electron chi connectivity index (χ1n) is 11.5. The van der Waals surface area contributed by atoms with E-state index in [0.717, 1.165) is 49.3 Å². The molecule has 0 unspecified atom stereocenters. The highest BCUT2D eigenvalue weighted by atomic mass is 19.4. The number of amides is 2. The van der Waals surface area contributed by atoms with Crippen molar-refractivity contribution in [3.8, 4) is 16.9 Å². The predicted molar refractivity (Wildman–Crippen MR) is 131 cm³/mol. The van der Waals surface area contributed by atoms with Gasteiger partial charge in [-0.1, -0.05) is 36.4 Å². The highest BCUT2D eigenvalue weighted by Gasteiger charge is 2.30. The van der Waals surface area contributed by atoms with Gasteiger partial charge in [0.1, 0.15) is 5.75 Å². The van der Waals surface area contributed by atoms with Gasteiger partial charge in [-0.15, -0.1) is 0 Å². The van der Waals surface area contributed by atoms with Gasteiger partial charge in [0.25, 0.3) is 0 Å². The SMILES string of the molecule is CC(=O)NCCN1CCc2cc(NC(=O)Oc3ccccc3-c3ccc(C(F)(F)F)cc3)ccc2C1. The second-order valence-electron chi connectivity index (χ2n) is 8.58. The van der Waals surface area contributed by atoms with Crippen LogP contribution in [0.3, 0.4) is 0 Å². The van der Waals surface area contributed by atoms with E-state index in [9.17, 15) is 22.8 Å². The molecule has 0 spiro atoms. The number of nitrogens with one attached hydrogen (secondary N) is 2. The van der Waals surface area contributed by atoms with Crippen LogP contribution in [0.5, 0.6) is 5.75 Å². The summed E-state index contributed by atoms with van der Waals surface area (Å²) in [6.45, 7) is 4.48. The fourth-order valence-electron chi connectivity index (χ4n) is 4.15. The Hall–Kier alpha value is -3.85. The summed E-state index contributed by atoms with van der Waals surface area (Å²) < 4.78 is 44.2. The number of carbonyl (C=O) groups excluding carboxylic acids is 2. The normalized spacial score (nSPS) is 13.6. The molecule has 9 heteroatoms. The van der Waals surface area contributed by atoms with E-state index in [4.69, 9.17) is 4.74 Å². The lowest BCUT2D eigenvalue weighted by atomic mass is 9.99. The fraction of sp³-hybridized carbons (Fsp3) is 0.259. The number of anilines is 1. The molecule has 0 atom stereocenters. The summed E-state index contributed by atoms with van der Waals surface area (Å²) in [5.74, 6) is 0.194. The lowest BCUT2D eigenvalue weighted by molar-refractivity contribution is -0.137. The summed E-state index contributed by atoms with van der Waals surface area (Å²) in [6.07, 6.45) is -4.30. The molecule has 0 radical (unpaired) electrons. The van der Waals surface area contributed by atoms with Crippen molar-refractivity contribution in [3.05, 3.63) is 83.4 Å². The average Bonchev–Trinajstić information content (AvgIpc) is 2.84. The molecule has 1 heterocycles. The molecule has 0 bridgehead atoms. The molecule has 0 saturated carbocycles. The summed E-state index contributed by atoms with van der Waals surface area (Å²) in [5, 5.41) is 5.54. The fourth-order valence-corrected chi connectivity index (χ4v) is 4.15. The zero-order chi connectivity index (χ0) is 25.7. The van der Waals surface area contributed by atoms with E-state index >= 15 is 0 Å². The molecule has 2 N–H and O–H groups in total. The summed E-state index contributed by atoms with van der Waals surface area (Å²) in [4.78, 5) is 25.9. The van der Waals surface area contributed by atoms with E-state index in [1.807, 2.05) is 12.1 Å². The van der Waals surface area contributed by atoms with Gasteiger partial charge >= 0.3 is 12.3 Å². The van der Waals surface area contributed by atoms with Gasteiger partial charge in [0.05, 0.1) is 5.56 Å². The third-order valence-electron chi connectivity index (χ3n) is 5.96. The van der Waals surface area contributed by atoms with Gasteiger partial charge in [-0.2, -0.15) is 13.2 Å². The Morgan fingerprint density at radius 2 is 1.75 bits per heavy atom. The molecule has 6 nitrogen and oxygen atoms in total. The number of fused-ring (bicyclic) bond motifs is 1. The molecule has 0 aliphatic carbocycles. The van der Waals surface area contributed by atoms with Crippen LogP contribution >= 0.6 is 0 Å². The smallest absolute Gasteiger partial charge is 0.409 e. The highest BCUT2D eigenvalue weighted by Crippen LogP contribution is 2.34. The number of hydrogen-bond donors (Lipinski definition) is 2. The maximum Gasteiger partial charge on any atom is 0.417 e. The van der Waals surface area contributed by atoms with Gasteiger partial charge in [0.2, 0.25) is 5.91 Å². The number of ether oxygens (including phenoxy) is 1. The number of alkyl halides is 3. The van der Waals surface area contributed by atoms with E-state index in [-0.39, 0.29) is 11.7 Å². The van der Waals surface area contributed by atoms with Crippen molar-refractivity contribution in [2.45, 2.75) is 26.1 Å². The van der Waals surface area contributed by atoms with Crippen LogP contribution in [0.1, 0.15) is 23.6 Å². The molecule has 0 fully saturated rings. The van der Waals surface area contributed by atoms with Gasteiger partial charge in [-0.25, -0.2) is 4.79 Å². The van der Waals surface area contributed by atoms with E-state index in [1.54, 1.807) is 30.3 Å². The van der Waals surface area contributed by atoms with Gasteiger partial charge in [0.15, 0.2) is 0 Å². The lowest BCUT2D eigenvalue weighted by Crippen LogP contribution is -2.37. The Labute approximate surface area is 207 Å². The molecule has 0 aromatic heterocycles. The highest BCUT2D eigenvalue weighted by molar-refractivity contribution is 5.88. The largest absolute Gasteiger partial charge is 0.417 e. The van der Waals surface area contributed by atoms with Crippen molar-refractivity contribution < 1.29 is 27.5 Å². The lowest BCUT2D eigenvalue weighted by Gasteiger charge is -2.29.